The van der Waals surface area contributed by atoms with E-state index in [4.69, 9.17) is 9.15 Å². The maximum atomic E-state index is 12.6. The number of hydrogen-bond donors (Lipinski definition) is 2. The number of ether oxygens (including phenoxy) is 1. The number of benzene rings is 2. The number of fused-ring (bicyclic) bond motifs is 2. The van der Waals surface area contributed by atoms with Gasteiger partial charge in [-0.05, 0) is 56.0 Å². The Kier molecular flexibility index (Phi) is 6.87. The molecule has 4 rings (SSSR count). The van der Waals surface area contributed by atoms with E-state index in [1.54, 1.807) is 7.11 Å². The van der Waals surface area contributed by atoms with Gasteiger partial charge in [0.2, 0.25) is 5.91 Å². The minimum atomic E-state index is -0.293. The molecule has 7 nitrogen and oxygen atoms in total. The quantitative estimate of drug-likeness (QED) is 0.521. The molecule has 2 heterocycles. The minimum absolute atomic E-state index is 0.133. The number of carbonyl (C=O) groups is 2. The van der Waals surface area contributed by atoms with Crippen LogP contribution in [0.3, 0.4) is 0 Å². The molecule has 0 aliphatic carbocycles. The van der Waals surface area contributed by atoms with E-state index in [-0.39, 0.29) is 18.0 Å². The van der Waals surface area contributed by atoms with Crippen molar-refractivity contribution in [1.82, 2.24) is 15.5 Å². The van der Waals surface area contributed by atoms with Gasteiger partial charge < -0.3 is 24.7 Å². The first-order chi connectivity index (χ1) is 16.0. The Bertz CT molecular complexity index is 1150. The summed E-state index contributed by atoms with van der Waals surface area (Å²) in [6.07, 6.45) is 1.92. The SMILES string of the molecule is COc1ccc2oc(C(C)NC(=O)NCCCC(=O)N3CCc4ccccc4C3)c(C)c2c1. The van der Waals surface area contributed by atoms with E-state index in [0.29, 0.717) is 31.7 Å². The summed E-state index contributed by atoms with van der Waals surface area (Å²) in [6.45, 7) is 5.72. The van der Waals surface area contributed by atoms with Crippen LogP contribution in [0.1, 0.15) is 48.3 Å². The lowest BCUT2D eigenvalue weighted by Crippen LogP contribution is -2.38. The van der Waals surface area contributed by atoms with Crippen LogP contribution in [0.15, 0.2) is 46.9 Å². The van der Waals surface area contributed by atoms with Gasteiger partial charge in [0, 0.05) is 37.0 Å². The van der Waals surface area contributed by atoms with Gasteiger partial charge in [-0.3, -0.25) is 4.79 Å². The molecule has 1 atom stereocenters. The van der Waals surface area contributed by atoms with Gasteiger partial charge in [0.1, 0.15) is 17.1 Å². The largest absolute Gasteiger partial charge is 0.497 e. The van der Waals surface area contributed by atoms with Gasteiger partial charge in [-0.15, -0.1) is 0 Å². The fourth-order valence-electron chi connectivity index (χ4n) is 4.38. The molecule has 1 aliphatic rings. The fourth-order valence-corrected chi connectivity index (χ4v) is 4.38. The molecule has 7 heteroatoms. The van der Waals surface area contributed by atoms with Crippen molar-refractivity contribution < 1.29 is 18.7 Å². The first kappa shape index (κ1) is 22.7. The van der Waals surface area contributed by atoms with Crippen LogP contribution in [0.5, 0.6) is 5.75 Å². The summed E-state index contributed by atoms with van der Waals surface area (Å²) < 4.78 is 11.3. The van der Waals surface area contributed by atoms with Gasteiger partial charge in [-0.25, -0.2) is 4.79 Å². The second-order valence-electron chi connectivity index (χ2n) is 8.51. The predicted octanol–water partition coefficient (Wildman–Crippen LogP) is 4.48. The summed E-state index contributed by atoms with van der Waals surface area (Å²) in [4.78, 5) is 26.8. The summed E-state index contributed by atoms with van der Waals surface area (Å²) in [7, 11) is 1.63. The van der Waals surface area contributed by atoms with Gasteiger partial charge >= 0.3 is 6.03 Å². The van der Waals surface area contributed by atoms with Gasteiger partial charge in [0.25, 0.3) is 0 Å². The molecule has 1 unspecified atom stereocenters. The number of furan rings is 1. The molecule has 174 valence electrons. The van der Waals surface area contributed by atoms with Crippen LogP contribution < -0.4 is 15.4 Å². The second-order valence-corrected chi connectivity index (χ2v) is 8.51. The maximum absolute atomic E-state index is 12.6. The molecule has 0 spiro atoms. The van der Waals surface area contributed by atoms with Crippen molar-refractivity contribution in [3.8, 4) is 5.75 Å². The average molecular weight is 450 g/mol. The first-order valence-corrected chi connectivity index (χ1v) is 11.4. The molecule has 0 radical (unpaired) electrons. The van der Waals surface area contributed by atoms with E-state index in [0.717, 1.165) is 35.2 Å². The summed E-state index contributed by atoms with van der Waals surface area (Å²) >= 11 is 0. The molecule has 1 aliphatic heterocycles. The molecular formula is C26H31N3O4. The number of methoxy groups -OCH3 is 1. The number of nitrogens with one attached hydrogen (secondary N) is 2. The monoisotopic (exact) mass is 449 g/mol. The van der Waals surface area contributed by atoms with Crippen molar-refractivity contribution in [3.05, 3.63) is 64.9 Å². The molecule has 33 heavy (non-hydrogen) atoms. The van der Waals surface area contributed by atoms with Crippen LogP contribution in [0.4, 0.5) is 4.79 Å². The van der Waals surface area contributed by atoms with E-state index >= 15 is 0 Å². The topological polar surface area (TPSA) is 83.8 Å². The first-order valence-electron chi connectivity index (χ1n) is 11.4. The van der Waals surface area contributed by atoms with Crippen LogP contribution in [0.2, 0.25) is 0 Å². The number of urea groups is 1. The van der Waals surface area contributed by atoms with E-state index in [1.165, 1.54) is 11.1 Å². The Balaban J connectivity index is 1.22. The highest BCUT2D eigenvalue weighted by Crippen LogP contribution is 2.31. The van der Waals surface area contributed by atoms with Crippen LogP contribution in [0, 0.1) is 6.92 Å². The Morgan fingerprint density at radius 1 is 1.18 bits per heavy atom. The van der Waals surface area contributed by atoms with E-state index in [2.05, 4.69) is 22.8 Å². The third-order valence-electron chi connectivity index (χ3n) is 6.26. The number of carbonyl (C=O) groups excluding carboxylic acids is 2. The third kappa shape index (κ3) is 5.13. The van der Waals surface area contributed by atoms with Crippen molar-refractivity contribution in [2.24, 2.45) is 0 Å². The zero-order valence-electron chi connectivity index (χ0n) is 19.4. The lowest BCUT2D eigenvalue weighted by molar-refractivity contribution is -0.132. The average Bonchev–Trinajstić information content (AvgIpc) is 3.17. The lowest BCUT2D eigenvalue weighted by atomic mass is 9.99. The van der Waals surface area contributed by atoms with Crippen LogP contribution in [-0.2, 0) is 17.8 Å². The Morgan fingerprint density at radius 3 is 2.76 bits per heavy atom. The molecule has 0 bridgehead atoms. The highest BCUT2D eigenvalue weighted by atomic mass is 16.5. The zero-order valence-corrected chi connectivity index (χ0v) is 19.4. The Morgan fingerprint density at radius 2 is 1.97 bits per heavy atom. The summed E-state index contributed by atoms with van der Waals surface area (Å²) in [5.41, 5.74) is 4.29. The standard InChI is InChI=1S/C26H31N3O4/c1-17-22-15-21(32-3)10-11-23(22)33-25(17)18(2)28-26(31)27-13-6-9-24(30)29-14-12-19-7-4-5-8-20(19)16-29/h4-5,7-8,10-11,15,18H,6,9,12-14,16H2,1-3H3,(H2,27,28,31). The van der Waals surface area contributed by atoms with Crippen molar-refractivity contribution in [3.63, 3.8) is 0 Å². The molecule has 2 aromatic carbocycles. The van der Waals surface area contributed by atoms with Crippen molar-refractivity contribution in [2.75, 3.05) is 20.2 Å². The smallest absolute Gasteiger partial charge is 0.315 e. The summed E-state index contributed by atoms with van der Waals surface area (Å²) in [5, 5.41) is 6.73. The molecule has 3 aromatic rings. The number of nitrogens with zero attached hydrogens (tertiary/aromatic N) is 1. The zero-order chi connectivity index (χ0) is 23.4. The van der Waals surface area contributed by atoms with E-state index < -0.39 is 0 Å². The van der Waals surface area contributed by atoms with Crippen LogP contribution >= 0.6 is 0 Å². The van der Waals surface area contributed by atoms with Crippen LogP contribution in [0.25, 0.3) is 11.0 Å². The summed E-state index contributed by atoms with van der Waals surface area (Å²) in [6, 6.07) is 13.4. The maximum Gasteiger partial charge on any atom is 0.315 e. The fraction of sp³-hybridized carbons (Fsp3) is 0.385. The predicted molar refractivity (Wildman–Crippen MR) is 127 cm³/mol. The Hall–Kier alpha value is -3.48. The van der Waals surface area contributed by atoms with Gasteiger partial charge in [-0.1, -0.05) is 24.3 Å². The molecule has 0 saturated heterocycles. The highest BCUT2D eigenvalue weighted by Gasteiger charge is 2.21. The van der Waals surface area contributed by atoms with Crippen molar-refractivity contribution >= 4 is 22.9 Å². The molecule has 3 amide bonds. The van der Waals surface area contributed by atoms with Crippen LogP contribution in [-0.4, -0.2) is 37.0 Å². The van der Waals surface area contributed by atoms with Crippen molar-refractivity contribution in [1.29, 1.82) is 0 Å². The molecule has 0 fully saturated rings. The number of rotatable bonds is 7. The Labute approximate surface area is 194 Å². The van der Waals surface area contributed by atoms with E-state index in [1.807, 2.05) is 49.1 Å². The van der Waals surface area contributed by atoms with Gasteiger partial charge in [0.15, 0.2) is 0 Å². The molecule has 2 N–H and O–H groups in total. The summed E-state index contributed by atoms with van der Waals surface area (Å²) in [5.74, 6) is 1.61. The number of amides is 3. The molecule has 1 aromatic heterocycles. The van der Waals surface area contributed by atoms with Gasteiger partial charge in [0.05, 0.1) is 13.2 Å². The normalized spacial score (nSPS) is 14.0. The van der Waals surface area contributed by atoms with Gasteiger partial charge in [-0.2, -0.15) is 0 Å². The highest BCUT2D eigenvalue weighted by molar-refractivity contribution is 5.84. The lowest BCUT2D eigenvalue weighted by Gasteiger charge is -2.29. The molecule has 0 saturated carbocycles. The molecular weight excluding hydrogens is 418 g/mol. The van der Waals surface area contributed by atoms with E-state index in [9.17, 15) is 9.59 Å². The number of aryl methyl sites for hydroxylation is 1. The van der Waals surface area contributed by atoms with Crippen molar-refractivity contribution in [2.45, 2.75) is 45.7 Å². The number of hydrogen-bond acceptors (Lipinski definition) is 4. The second kappa shape index (κ2) is 9.98. The third-order valence-corrected chi connectivity index (χ3v) is 6.26. The minimum Gasteiger partial charge on any atom is -0.497 e.